The molecule has 1 atom stereocenters. The Morgan fingerprint density at radius 1 is 1.36 bits per heavy atom. The van der Waals surface area contributed by atoms with Crippen molar-refractivity contribution in [1.82, 2.24) is 25.3 Å². The number of aryl methyl sites for hydroxylation is 1. The zero-order valence-electron chi connectivity index (χ0n) is 17.4. The maximum absolute atomic E-state index is 4.94. The molecular formula is C21H34N6S. The smallest absolute Gasteiger partial charge is 0.191 e. The van der Waals surface area contributed by atoms with Crippen molar-refractivity contribution >= 4 is 17.3 Å². The van der Waals surface area contributed by atoms with E-state index in [4.69, 9.17) is 4.99 Å². The number of hydrogen-bond acceptors (Lipinski definition) is 4. The Balaban J connectivity index is 1.60. The normalized spacial score (nSPS) is 17.6. The summed E-state index contributed by atoms with van der Waals surface area (Å²) in [5.41, 5.74) is 1.24. The highest BCUT2D eigenvalue weighted by Gasteiger charge is 2.25. The maximum atomic E-state index is 4.94. The number of likely N-dealkylation sites (tertiary alicyclic amines) is 1. The Labute approximate surface area is 173 Å². The quantitative estimate of drug-likeness (QED) is 0.526. The van der Waals surface area contributed by atoms with Crippen molar-refractivity contribution in [2.45, 2.75) is 39.2 Å². The molecule has 3 heterocycles. The average molecular weight is 403 g/mol. The monoisotopic (exact) mass is 402 g/mol. The molecule has 1 fully saturated rings. The molecule has 3 rings (SSSR count). The van der Waals surface area contributed by atoms with Gasteiger partial charge in [0, 0.05) is 31.2 Å². The van der Waals surface area contributed by atoms with Crippen molar-refractivity contribution in [2.75, 3.05) is 32.7 Å². The van der Waals surface area contributed by atoms with Crippen LogP contribution in [0.2, 0.25) is 0 Å². The highest BCUT2D eigenvalue weighted by molar-refractivity contribution is 7.10. The molecule has 1 saturated heterocycles. The fourth-order valence-electron chi connectivity index (χ4n) is 3.65. The summed E-state index contributed by atoms with van der Waals surface area (Å²) < 4.78 is 1.85. The molecule has 0 aliphatic carbocycles. The van der Waals surface area contributed by atoms with Crippen LogP contribution in [0.4, 0.5) is 0 Å². The third-order valence-electron chi connectivity index (χ3n) is 5.36. The number of piperidine rings is 1. The highest BCUT2D eigenvalue weighted by atomic mass is 32.1. The molecule has 1 aliphatic rings. The summed E-state index contributed by atoms with van der Waals surface area (Å²) in [5.74, 6) is 1.74. The molecule has 0 amide bonds. The first-order valence-corrected chi connectivity index (χ1v) is 11.3. The predicted molar refractivity (Wildman–Crippen MR) is 118 cm³/mol. The van der Waals surface area contributed by atoms with Crippen LogP contribution in [0.5, 0.6) is 0 Å². The molecule has 0 bridgehead atoms. The lowest BCUT2D eigenvalue weighted by molar-refractivity contribution is 0.143. The van der Waals surface area contributed by atoms with Gasteiger partial charge in [0.05, 0.1) is 18.8 Å². The molecule has 0 aromatic carbocycles. The highest BCUT2D eigenvalue weighted by Crippen LogP contribution is 2.29. The molecule has 154 valence electrons. The molecule has 2 N–H and O–H groups in total. The average Bonchev–Trinajstić information content (AvgIpc) is 3.35. The van der Waals surface area contributed by atoms with Gasteiger partial charge in [-0.25, -0.2) is 0 Å². The minimum absolute atomic E-state index is 0.376. The first-order valence-electron chi connectivity index (χ1n) is 10.4. The van der Waals surface area contributed by atoms with Crippen molar-refractivity contribution in [2.24, 2.45) is 18.0 Å². The molecule has 7 heteroatoms. The third-order valence-corrected chi connectivity index (χ3v) is 6.34. The number of nitrogens with zero attached hydrogens (tertiary/aromatic N) is 4. The van der Waals surface area contributed by atoms with Crippen LogP contribution in [0, 0.1) is 5.92 Å². The lowest BCUT2D eigenvalue weighted by Crippen LogP contribution is -2.40. The minimum Gasteiger partial charge on any atom is -0.357 e. The summed E-state index contributed by atoms with van der Waals surface area (Å²) in [5, 5.41) is 13.3. The molecule has 6 nitrogen and oxygen atoms in total. The summed E-state index contributed by atoms with van der Waals surface area (Å²) in [6.07, 6.45) is 7.51. The molecule has 28 heavy (non-hydrogen) atoms. The van der Waals surface area contributed by atoms with Crippen LogP contribution in [-0.4, -0.2) is 53.4 Å². The van der Waals surface area contributed by atoms with Gasteiger partial charge in [0.25, 0.3) is 0 Å². The Kier molecular flexibility index (Phi) is 7.91. The fourth-order valence-corrected chi connectivity index (χ4v) is 4.50. The number of rotatable bonds is 8. The number of aromatic nitrogens is 2. The topological polar surface area (TPSA) is 57.5 Å². The van der Waals surface area contributed by atoms with Gasteiger partial charge in [-0.3, -0.25) is 14.6 Å². The Morgan fingerprint density at radius 3 is 2.82 bits per heavy atom. The van der Waals surface area contributed by atoms with Crippen molar-refractivity contribution in [3.05, 3.63) is 40.3 Å². The van der Waals surface area contributed by atoms with Crippen LogP contribution in [0.25, 0.3) is 0 Å². The number of hydrogen-bond donors (Lipinski definition) is 2. The van der Waals surface area contributed by atoms with Gasteiger partial charge < -0.3 is 10.6 Å². The molecular weight excluding hydrogens is 368 g/mol. The van der Waals surface area contributed by atoms with Crippen LogP contribution in [0.1, 0.15) is 43.2 Å². The van der Waals surface area contributed by atoms with Gasteiger partial charge in [-0.05, 0) is 62.2 Å². The van der Waals surface area contributed by atoms with E-state index >= 15 is 0 Å². The SMILES string of the molecule is CCNC(=NCC(c1cccs1)N1CCC(C)CC1)NCCc1cnn(C)c1. The molecule has 2 aromatic rings. The third kappa shape index (κ3) is 6.07. The number of guanidine groups is 1. The van der Waals surface area contributed by atoms with Gasteiger partial charge >= 0.3 is 0 Å². The number of nitrogens with one attached hydrogen (secondary N) is 2. The fraction of sp³-hybridized carbons (Fsp3) is 0.619. The molecule has 2 aromatic heterocycles. The molecule has 0 radical (unpaired) electrons. The zero-order valence-corrected chi connectivity index (χ0v) is 18.2. The van der Waals surface area contributed by atoms with E-state index in [1.165, 1.54) is 36.4 Å². The van der Waals surface area contributed by atoms with Gasteiger partial charge in [0.15, 0.2) is 5.96 Å². The van der Waals surface area contributed by atoms with Gasteiger partial charge in [-0.1, -0.05) is 13.0 Å². The zero-order chi connectivity index (χ0) is 19.8. The summed E-state index contributed by atoms with van der Waals surface area (Å²) in [7, 11) is 1.95. The van der Waals surface area contributed by atoms with E-state index < -0.39 is 0 Å². The van der Waals surface area contributed by atoms with Crippen LogP contribution < -0.4 is 10.6 Å². The minimum atomic E-state index is 0.376. The second-order valence-corrected chi connectivity index (χ2v) is 8.65. The van der Waals surface area contributed by atoms with Crippen molar-refractivity contribution in [3.63, 3.8) is 0 Å². The lowest BCUT2D eigenvalue weighted by Gasteiger charge is -2.35. The van der Waals surface area contributed by atoms with Crippen LogP contribution in [0.15, 0.2) is 34.9 Å². The Bertz CT molecular complexity index is 715. The van der Waals surface area contributed by atoms with Gasteiger partial charge in [-0.15, -0.1) is 11.3 Å². The Morgan fingerprint density at radius 2 is 2.18 bits per heavy atom. The van der Waals surface area contributed by atoms with E-state index in [0.29, 0.717) is 6.04 Å². The Hall–Kier alpha value is -1.86. The standard InChI is InChI=1S/C21H34N6S/c1-4-22-21(23-10-7-18-14-25-26(3)16-18)24-15-19(20-6-5-13-28-20)27-11-8-17(2)9-12-27/h5-6,13-14,16-17,19H,4,7-12,15H2,1-3H3,(H2,22,23,24). The number of thiophene rings is 1. The van der Waals surface area contributed by atoms with E-state index in [-0.39, 0.29) is 0 Å². The van der Waals surface area contributed by atoms with E-state index in [0.717, 1.165) is 37.9 Å². The summed E-state index contributed by atoms with van der Waals surface area (Å²) in [4.78, 5) is 8.98. The van der Waals surface area contributed by atoms with Crippen LogP contribution in [-0.2, 0) is 13.5 Å². The first-order chi connectivity index (χ1) is 13.7. The van der Waals surface area contributed by atoms with Crippen LogP contribution >= 0.6 is 11.3 Å². The van der Waals surface area contributed by atoms with Crippen molar-refractivity contribution in [1.29, 1.82) is 0 Å². The van der Waals surface area contributed by atoms with E-state index in [1.807, 2.05) is 29.3 Å². The summed E-state index contributed by atoms with van der Waals surface area (Å²) in [6, 6.07) is 4.79. The molecule has 1 aliphatic heterocycles. The van der Waals surface area contributed by atoms with Crippen molar-refractivity contribution in [3.8, 4) is 0 Å². The maximum Gasteiger partial charge on any atom is 0.191 e. The van der Waals surface area contributed by atoms with Gasteiger partial charge in [0.1, 0.15) is 0 Å². The van der Waals surface area contributed by atoms with E-state index in [1.54, 1.807) is 0 Å². The van der Waals surface area contributed by atoms with Gasteiger partial charge in [-0.2, -0.15) is 5.10 Å². The summed E-state index contributed by atoms with van der Waals surface area (Å²) in [6.45, 7) is 9.32. The number of aliphatic imine (C=N–C) groups is 1. The molecule has 0 saturated carbocycles. The largest absolute Gasteiger partial charge is 0.357 e. The van der Waals surface area contributed by atoms with Crippen molar-refractivity contribution < 1.29 is 0 Å². The second-order valence-electron chi connectivity index (χ2n) is 7.67. The van der Waals surface area contributed by atoms with Gasteiger partial charge in [0.2, 0.25) is 0 Å². The van der Waals surface area contributed by atoms with Crippen LogP contribution in [0.3, 0.4) is 0 Å². The molecule has 0 spiro atoms. The van der Waals surface area contributed by atoms with E-state index in [2.05, 4.69) is 58.2 Å². The first kappa shape index (κ1) is 20.9. The van der Waals surface area contributed by atoms with E-state index in [9.17, 15) is 0 Å². The summed E-state index contributed by atoms with van der Waals surface area (Å²) >= 11 is 1.85. The molecule has 1 unspecified atom stereocenters. The second kappa shape index (κ2) is 10.6. The lowest BCUT2D eigenvalue weighted by atomic mass is 9.97. The predicted octanol–water partition coefficient (Wildman–Crippen LogP) is 3.05.